The molecule has 1 rings (SSSR count). The van der Waals surface area contributed by atoms with E-state index in [-0.39, 0.29) is 5.41 Å². The number of unbranched alkanes of at least 4 members (excludes halogenated alkanes) is 1. The van der Waals surface area contributed by atoms with E-state index in [1.807, 2.05) is 17.9 Å². The van der Waals surface area contributed by atoms with E-state index in [1.165, 1.54) is 0 Å². The van der Waals surface area contributed by atoms with Crippen molar-refractivity contribution >= 4 is 11.6 Å². The summed E-state index contributed by atoms with van der Waals surface area (Å²) < 4.78 is 1.83. The molecule has 0 unspecified atom stereocenters. The van der Waals surface area contributed by atoms with Crippen LogP contribution in [-0.2, 0) is 12.5 Å². The van der Waals surface area contributed by atoms with Gasteiger partial charge >= 0.3 is 0 Å². The van der Waals surface area contributed by atoms with Crippen molar-refractivity contribution in [1.29, 1.82) is 0 Å². The fourth-order valence-electron chi connectivity index (χ4n) is 1.45. The first-order valence-corrected chi connectivity index (χ1v) is 6.07. The number of hydrogen-bond donors (Lipinski definition) is 0. The zero-order valence-corrected chi connectivity index (χ0v) is 11.2. The highest BCUT2D eigenvalue weighted by molar-refractivity contribution is 6.17. The molecule has 0 amide bonds. The Bertz CT molecular complexity index is 402. The lowest BCUT2D eigenvalue weighted by Gasteiger charge is -2.15. The Labute approximate surface area is 103 Å². The Morgan fingerprint density at radius 3 is 2.69 bits per heavy atom. The van der Waals surface area contributed by atoms with Gasteiger partial charge in [0.1, 0.15) is 0 Å². The average Bonchev–Trinajstić information content (AvgIpc) is 2.54. The first kappa shape index (κ1) is 13.1. The summed E-state index contributed by atoms with van der Waals surface area (Å²) in [5.41, 5.74) is 2.13. The first-order valence-electron chi connectivity index (χ1n) is 5.54. The van der Waals surface area contributed by atoms with Crippen LogP contribution in [0.1, 0.15) is 44.9 Å². The van der Waals surface area contributed by atoms with Crippen LogP contribution in [0.5, 0.6) is 0 Å². The normalized spacial score (nSPS) is 11.1. The van der Waals surface area contributed by atoms with Crippen molar-refractivity contribution in [2.75, 3.05) is 5.88 Å². The number of hydrogen-bond acceptors (Lipinski definition) is 1. The largest absolute Gasteiger partial charge is 0.274 e. The van der Waals surface area contributed by atoms with Gasteiger partial charge in [-0.05, 0) is 6.42 Å². The summed E-state index contributed by atoms with van der Waals surface area (Å²) in [6, 6.07) is 0. The molecule has 0 bridgehead atoms. The standard InChI is InChI=1S/C13H19ClN2/c1-13(2,3)12-11(10-16(4)15-12)8-6-5-7-9-14/h10H,5,7,9H2,1-4H3. The third kappa shape index (κ3) is 3.57. The molecule has 1 heterocycles. The molecule has 0 atom stereocenters. The Morgan fingerprint density at radius 2 is 2.12 bits per heavy atom. The third-order valence-corrected chi connectivity index (χ3v) is 2.46. The predicted octanol–water partition coefficient (Wildman–Crippen LogP) is 3.09. The number of aryl methyl sites for hydroxylation is 1. The predicted molar refractivity (Wildman–Crippen MR) is 68.7 cm³/mol. The quantitative estimate of drug-likeness (QED) is 0.440. The molecule has 0 spiro atoms. The molecule has 2 nitrogen and oxygen atoms in total. The van der Waals surface area contributed by atoms with Gasteiger partial charge in [-0.25, -0.2) is 0 Å². The molecule has 88 valence electrons. The van der Waals surface area contributed by atoms with Gasteiger partial charge in [0.15, 0.2) is 0 Å². The molecule has 0 saturated heterocycles. The molecular weight excluding hydrogens is 220 g/mol. The van der Waals surface area contributed by atoms with Gasteiger partial charge in [-0.3, -0.25) is 4.68 Å². The van der Waals surface area contributed by atoms with Crippen LogP contribution in [0.25, 0.3) is 0 Å². The lowest BCUT2D eigenvalue weighted by molar-refractivity contribution is 0.552. The van der Waals surface area contributed by atoms with Crippen LogP contribution in [0.15, 0.2) is 6.20 Å². The first-order chi connectivity index (χ1) is 7.45. The molecule has 0 N–H and O–H groups in total. The smallest absolute Gasteiger partial charge is 0.0834 e. The van der Waals surface area contributed by atoms with Gasteiger partial charge in [-0.2, -0.15) is 5.10 Å². The summed E-state index contributed by atoms with van der Waals surface area (Å²) in [5, 5.41) is 4.47. The highest BCUT2D eigenvalue weighted by atomic mass is 35.5. The minimum atomic E-state index is 0.0394. The molecule has 0 fully saturated rings. The van der Waals surface area contributed by atoms with E-state index in [0.29, 0.717) is 5.88 Å². The number of nitrogens with zero attached hydrogens (tertiary/aromatic N) is 2. The molecule has 16 heavy (non-hydrogen) atoms. The zero-order chi connectivity index (χ0) is 12.2. The van der Waals surface area contributed by atoms with Gasteiger partial charge in [0.25, 0.3) is 0 Å². The maximum Gasteiger partial charge on any atom is 0.0834 e. The van der Waals surface area contributed by atoms with Crippen molar-refractivity contribution in [3.8, 4) is 11.8 Å². The second-order valence-electron chi connectivity index (χ2n) is 4.91. The molecule has 0 radical (unpaired) electrons. The molecule has 1 aromatic rings. The molecule has 0 aliphatic rings. The Kier molecular flexibility index (Phi) is 4.44. The maximum absolute atomic E-state index is 5.61. The summed E-state index contributed by atoms with van der Waals surface area (Å²) in [6.07, 6.45) is 3.77. The van der Waals surface area contributed by atoms with Gasteiger partial charge in [0.05, 0.1) is 11.3 Å². The minimum Gasteiger partial charge on any atom is -0.274 e. The Balaban J connectivity index is 2.90. The minimum absolute atomic E-state index is 0.0394. The van der Waals surface area contributed by atoms with Crippen molar-refractivity contribution in [2.45, 2.75) is 39.0 Å². The number of alkyl halides is 1. The van der Waals surface area contributed by atoms with E-state index in [2.05, 4.69) is 37.7 Å². The molecular formula is C13H19ClN2. The van der Waals surface area contributed by atoms with Crippen LogP contribution >= 0.6 is 11.6 Å². The highest BCUT2D eigenvalue weighted by Gasteiger charge is 2.20. The molecule has 1 aromatic heterocycles. The van der Waals surface area contributed by atoms with E-state index in [9.17, 15) is 0 Å². The summed E-state index contributed by atoms with van der Waals surface area (Å²) >= 11 is 5.61. The van der Waals surface area contributed by atoms with Gasteiger partial charge in [-0.15, -0.1) is 11.6 Å². The second kappa shape index (κ2) is 5.41. The molecule has 3 heteroatoms. The maximum atomic E-state index is 5.61. The molecule has 0 saturated carbocycles. The van der Waals surface area contributed by atoms with Crippen molar-refractivity contribution in [3.05, 3.63) is 17.5 Å². The van der Waals surface area contributed by atoms with Crippen molar-refractivity contribution in [3.63, 3.8) is 0 Å². The lowest BCUT2D eigenvalue weighted by atomic mass is 9.90. The average molecular weight is 239 g/mol. The Hall–Kier alpha value is -0.940. The van der Waals surface area contributed by atoms with E-state index in [1.54, 1.807) is 0 Å². The fraction of sp³-hybridized carbons (Fsp3) is 0.615. The zero-order valence-electron chi connectivity index (χ0n) is 10.5. The van der Waals surface area contributed by atoms with Crippen molar-refractivity contribution in [1.82, 2.24) is 9.78 Å². The van der Waals surface area contributed by atoms with Crippen LogP contribution in [0.2, 0.25) is 0 Å². The fourth-order valence-corrected chi connectivity index (χ4v) is 1.58. The van der Waals surface area contributed by atoms with Gasteiger partial charge in [0.2, 0.25) is 0 Å². The van der Waals surface area contributed by atoms with Crippen LogP contribution in [-0.4, -0.2) is 15.7 Å². The van der Waals surface area contributed by atoms with Crippen LogP contribution < -0.4 is 0 Å². The van der Waals surface area contributed by atoms with Crippen LogP contribution in [0.3, 0.4) is 0 Å². The number of halogens is 1. The van der Waals surface area contributed by atoms with Crippen molar-refractivity contribution in [2.24, 2.45) is 7.05 Å². The molecule has 0 aliphatic carbocycles. The summed E-state index contributed by atoms with van der Waals surface area (Å²) in [4.78, 5) is 0. The molecule has 0 aliphatic heterocycles. The van der Waals surface area contributed by atoms with Gasteiger partial charge in [-0.1, -0.05) is 32.6 Å². The molecule has 0 aromatic carbocycles. The Morgan fingerprint density at radius 1 is 1.44 bits per heavy atom. The third-order valence-electron chi connectivity index (χ3n) is 2.20. The second-order valence-corrected chi connectivity index (χ2v) is 5.29. The number of aromatic nitrogens is 2. The van der Waals surface area contributed by atoms with E-state index >= 15 is 0 Å². The van der Waals surface area contributed by atoms with E-state index in [0.717, 1.165) is 24.1 Å². The van der Waals surface area contributed by atoms with Crippen LogP contribution in [0.4, 0.5) is 0 Å². The lowest BCUT2D eigenvalue weighted by Crippen LogP contribution is -2.14. The van der Waals surface area contributed by atoms with E-state index in [4.69, 9.17) is 11.6 Å². The van der Waals surface area contributed by atoms with Gasteiger partial charge < -0.3 is 0 Å². The monoisotopic (exact) mass is 238 g/mol. The summed E-state index contributed by atoms with van der Waals surface area (Å²) in [5.74, 6) is 7.00. The summed E-state index contributed by atoms with van der Waals surface area (Å²) in [7, 11) is 1.93. The van der Waals surface area contributed by atoms with Crippen LogP contribution in [0, 0.1) is 11.8 Å². The van der Waals surface area contributed by atoms with E-state index < -0.39 is 0 Å². The number of rotatable bonds is 2. The summed E-state index contributed by atoms with van der Waals surface area (Å²) in [6.45, 7) is 6.46. The topological polar surface area (TPSA) is 17.8 Å². The SMILES string of the molecule is Cn1cc(C#CCCCCl)c(C(C)(C)C)n1. The highest BCUT2D eigenvalue weighted by Crippen LogP contribution is 2.23. The van der Waals surface area contributed by atoms with Gasteiger partial charge in [0, 0.05) is 31.0 Å². The van der Waals surface area contributed by atoms with Crippen molar-refractivity contribution < 1.29 is 0 Å².